The van der Waals surface area contributed by atoms with E-state index in [-0.39, 0.29) is 13.0 Å². The molecule has 0 aliphatic heterocycles. The lowest BCUT2D eigenvalue weighted by Gasteiger charge is -2.21. The van der Waals surface area contributed by atoms with Crippen molar-refractivity contribution < 1.29 is 29.3 Å². The molecule has 0 aromatic rings. The maximum absolute atomic E-state index is 11.5. The van der Waals surface area contributed by atoms with Gasteiger partial charge < -0.3 is 24.6 Å². The molecular weight excluding hydrogens is 398 g/mol. The smallest absolute Gasteiger partial charge is 0.481 e. The van der Waals surface area contributed by atoms with Gasteiger partial charge in [0.15, 0.2) is 0 Å². The first-order valence-corrected chi connectivity index (χ1v) is 12.4. The van der Waals surface area contributed by atoms with Crippen LogP contribution in [0.25, 0.3) is 0 Å². The van der Waals surface area contributed by atoms with Crippen LogP contribution in [0, 0.1) is 0 Å². The summed E-state index contributed by atoms with van der Waals surface area (Å²) in [6.45, 7) is 5.69. The highest BCUT2D eigenvalue weighted by molar-refractivity contribution is 5.66. The highest BCUT2D eigenvalue weighted by Crippen LogP contribution is 2.08. The number of hydrogen-bond acceptors (Lipinski definition) is 6. The molecule has 0 aliphatic carbocycles. The van der Waals surface area contributed by atoms with Gasteiger partial charge in [0, 0.05) is 13.0 Å². The Balaban J connectivity index is 3.49. The molecule has 0 saturated carbocycles. The van der Waals surface area contributed by atoms with Crippen molar-refractivity contribution in [2.24, 2.45) is 0 Å². The molecule has 0 aromatic carbocycles. The lowest BCUT2D eigenvalue weighted by molar-refractivity contribution is -0.137. The molecule has 7 nitrogen and oxygen atoms in total. The van der Waals surface area contributed by atoms with Gasteiger partial charge in [-0.1, -0.05) is 64.7 Å². The molecule has 0 atom stereocenters. The molecule has 0 aliphatic rings. The molecule has 0 amide bonds. The maximum Gasteiger partial charge on any atom is 0.508 e. The summed E-state index contributed by atoms with van der Waals surface area (Å²) in [7, 11) is 0. The highest BCUT2D eigenvalue weighted by atomic mass is 16.7. The highest BCUT2D eigenvalue weighted by Gasteiger charge is 2.06. The van der Waals surface area contributed by atoms with Crippen molar-refractivity contribution in [1.82, 2.24) is 4.90 Å². The first kappa shape index (κ1) is 29.7. The monoisotopic (exact) mass is 445 g/mol. The number of carbonyl (C=O) groups excluding carboxylic acids is 1. The Bertz CT molecular complexity index is 419. The predicted octanol–water partition coefficient (Wildman–Crippen LogP) is 5.39. The van der Waals surface area contributed by atoms with Crippen molar-refractivity contribution in [2.45, 2.75) is 103 Å². The number of ether oxygens (including phenoxy) is 2. The Labute approximate surface area is 189 Å². The van der Waals surface area contributed by atoms with Gasteiger partial charge in [0.2, 0.25) is 0 Å². The quantitative estimate of drug-likeness (QED) is 0.161. The number of rotatable bonds is 23. The number of unbranched alkanes of at least 4 members (excludes halogenated alkanes) is 11. The van der Waals surface area contributed by atoms with Gasteiger partial charge in [0.25, 0.3) is 0 Å². The van der Waals surface area contributed by atoms with Gasteiger partial charge in [-0.15, -0.1) is 0 Å². The molecule has 31 heavy (non-hydrogen) atoms. The molecule has 0 fully saturated rings. The average molecular weight is 446 g/mol. The van der Waals surface area contributed by atoms with Crippen LogP contribution in [0.1, 0.15) is 103 Å². The van der Waals surface area contributed by atoms with Gasteiger partial charge in [0.05, 0.1) is 19.8 Å². The molecule has 0 unspecified atom stereocenters. The number of carboxylic acids is 1. The Kier molecular flexibility index (Phi) is 22.3. The average Bonchev–Trinajstić information content (AvgIpc) is 2.74. The van der Waals surface area contributed by atoms with Crippen molar-refractivity contribution >= 4 is 12.1 Å². The first-order chi connectivity index (χ1) is 15.1. The third-order valence-corrected chi connectivity index (χ3v) is 5.34. The van der Waals surface area contributed by atoms with Gasteiger partial charge >= 0.3 is 12.1 Å². The molecule has 0 heterocycles. The van der Waals surface area contributed by atoms with Crippen molar-refractivity contribution in [3.63, 3.8) is 0 Å². The van der Waals surface area contributed by atoms with Gasteiger partial charge in [-0.25, -0.2) is 4.79 Å². The van der Waals surface area contributed by atoms with Crippen LogP contribution in [0.4, 0.5) is 4.79 Å². The second-order valence-corrected chi connectivity index (χ2v) is 8.25. The summed E-state index contributed by atoms with van der Waals surface area (Å²) in [6.07, 6.45) is 14.5. The summed E-state index contributed by atoms with van der Waals surface area (Å²) < 4.78 is 10.2. The lowest BCUT2D eigenvalue weighted by Crippen LogP contribution is -2.29. The van der Waals surface area contributed by atoms with E-state index in [1.807, 2.05) is 0 Å². The summed E-state index contributed by atoms with van der Waals surface area (Å²) >= 11 is 0. The Morgan fingerprint density at radius 3 is 1.68 bits per heavy atom. The number of hydrogen-bond donors (Lipinski definition) is 2. The minimum Gasteiger partial charge on any atom is -0.481 e. The van der Waals surface area contributed by atoms with Crippen molar-refractivity contribution in [3.8, 4) is 0 Å². The molecule has 7 heteroatoms. The van der Waals surface area contributed by atoms with E-state index in [4.69, 9.17) is 14.6 Å². The van der Waals surface area contributed by atoms with Gasteiger partial charge in [-0.3, -0.25) is 4.79 Å². The topological polar surface area (TPSA) is 96.3 Å². The lowest BCUT2D eigenvalue weighted by atomic mass is 10.1. The molecule has 0 spiro atoms. The molecule has 2 N–H and O–H groups in total. The molecule has 0 aromatic heterocycles. The van der Waals surface area contributed by atoms with Gasteiger partial charge in [-0.05, 0) is 45.2 Å². The number of aliphatic carboxylic acids is 1. The predicted molar refractivity (Wildman–Crippen MR) is 123 cm³/mol. The zero-order valence-corrected chi connectivity index (χ0v) is 19.8. The fourth-order valence-corrected chi connectivity index (χ4v) is 3.47. The van der Waals surface area contributed by atoms with E-state index < -0.39 is 12.1 Å². The van der Waals surface area contributed by atoms with Crippen LogP contribution in [0.2, 0.25) is 0 Å². The zero-order valence-electron chi connectivity index (χ0n) is 19.8. The third-order valence-electron chi connectivity index (χ3n) is 5.34. The minimum absolute atomic E-state index is 0.143. The number of aliphatic hydroxyl groups is 1. The molecule has 0 radical (unpaired) electrons. The zero-order chi connectivity index (χ0) is 23.0. The summed E-state index contributed by atoms with van der Waals surface area (Å²) in [5.41, 5.74) is 0. The van der Waals surface area contributed by atoms with Crippen LogP contribution in [0.3, 0.4) is 0 Å². The van der Waals surface area contributed by atoms with Crippen LogP contribution in [-0.2, 0) is 14.3 Å². The van der Waals surface area contributed by atoms with Crippen molar-refractivity contribution in [3.05, 3.63) is 0 Å². The second kappa shape index (κ2) is 23.3. The summed E-state index contributed by atoms with van der Waals surface area (Å²) in [5.74, 6) is -0.738. The Morgan fingerprint density at radius 1 is 0.677 bits per heavy atom. The number of nitrogens with zero attached hydrogens (tertiary/aromatic N) is 1. The van der Waals surface area contributed by atoms with Crippen LogP contribution in [-0.4, -0.2) is 66.7 Å². The van der Waals surface area contributed by atoms with E-state index >= 15 is 0 Å². The summed E-state index contributed by atoms with van der Waals surface area (Å²) in [4.78, 5) is 24.3. The van der Waals surface area contributed by atoms with Crippen molar-refractivity contribution in [2.75, 3.05) is 39.5 Å². The summed E-state index contributed by atoms with van der Waals surface area (Å²) in [6, 6.07) is 0. The van der Waals surface area contributed by atoms with E-state index in [2.05, 4.69) is 11.8 Å². The molecular formula is C24H47NO6. The fourth-order valence-electron chi connectivity index (χ4n) is 3.47. The van der Waals surface area contributed by atoms with Crippen LogP contribution in [0.5, 0.6) is 0 Å². The second-order valence-electron chi connectivity index (χ2n) is 8.25. The number of aliphatic hydroxyl groups excluding tert-OH is 1. The Hall–Kier alpha value is -1.34. The third kappa shape index (κ3) is 23.2. The van der Waals surface area contributed by atoms with E-state index in [0.717, 1.165) is 64.5 Å². The SMILES string of the molecule is CCCCCCCCCOC(=O)OCCCCCCN(CCO)CCCCCC(=O)O. The fraction of sp³-hybridized carbons (Fsp3) is 0.917. The van der Waals surface area contributed by atoms with Crippen LogP contribution in [0.15, 0.2) is 0 Å². The molecule has 0 saturated heterocycles. The van der Waals surface area contributed by atoms with Gasteiger partial charge in [-0.2, -0.15) is 0 Å². The normalized spacial score (nSPS) is 11.1. The summed E-state index contributed by atoms with van der Waals surface area (Å²) in [5, 5.41) is 17.8. The number of carbonyl (C=O) groups is 2. The first-order valence-electron chi connectivity index (χ1n) is 12.4. The largest absolute Gasteiger partial charge is 0.508 e. The van der Waals surface area contributed by atoms with Crippen LogP contribution < -0.4 is 0 Å². The molecule has 0 bridgehead atoms. The van der Waals surface area contributed by atoms with Crippen molar-refractivity contribution in [1.29, 1.82) is 0 Å². The molecule has 184 valence electrons. The van der Waals surface area contributed by atoms with Crippen LogP contribution >= 0.6 is 0 Å². The Morgan fingerprint density at radius 2 is 1.16 bits per heavy atom. The van der Waals surface area contributed by atoms with E-state index in [1.54, 1.807) is 0 Å². The minimum atomic E-state index is -0.738. The molecule has 0 rings (SSSR count). The maximum atomic E-state index is 11.5. The van der Waals surface area contributed by atoms with E-state index in [1.165, 1.54) is 32.1 Å². The van der Waals surface area contributed by atoms with E-state index in [9.17, 15) is 14.7 Å². The van der Waals surface area contributed by atoms with Gasteiger partial charge in [0.1, 0.15) is 0 Å². The van der Waals surface area contributed by atoms with E-state index in [0.29, 0.717) is 26.2 Å². The number of carboxylic acid groups (broad SMARTS) is 1. The standard InChI is InChI=1S/C24H47NO6/c1-2-3-4-5-6-8-14-21-30-24(29)31-22-15-9-7-12-17-25(19-20-26)18-13-10-11-16-23(27)28/h26H,2-22H2,1H3,(H,27,28).